The van der Waals surface area contributed by atoms with Crippen molar-refractivity contribution in [1.29, 1.82) is 0 Å². The molecule has 1 aromatic heterocycles. The molecule has 2 rings (SSSR count). The molecule has 1 aromatic rings. The Morgan fingerprint density at radius 1 is 1.40 bits per heavy atom. The van der Waals surface area contributed by atoms with Crippen LogP contribution in [0.3, 0.4) is 0 Å². The van der Waals surface area contributed by atoms with E-state index in [4.69, 9.17) is 5.11 Å². The molecule has 2 N–H and O–H groups in total. The third-order valence-corrected chi connectivity index (χ3v) is 4.28. The fourth-order valence-corrected chi connectivity index (χ4v) is 3.19. The lowest BCUT2D eigenvalue weighted by atomic mass is 10.0. The van der Waals surface area contributed by atoms with Crippen LogP contribution in [0, 0.1) is 19.8 Å². The van der Waals surface area contributed by atoms with Crippen molar-refractivity contribution in [1.82, 2.24) is 9.88 Å². The first-order valence-corrected chi connectivity index (χ1v) is 7.16. The van der Waals surface area contributed by atoms with E-state index in [0.717, 1.165) is 30.8 Å². The minimum atomic E-state index is -0.813. The topological polar surface area (TPSA) is 71.3 Å². The van der Waals surface area contributed by atoms with Gasteiger partial charge in [-0.2, -0.15) is 0 Å². The third kappa shape index (κ3) is 2.57. The Morgan fingerprint density at radius 2 is 2.10 bits per heavy atom. The van der Waals surface area contributed by atoms with Crippen molar-refractivity contribution < 1.29 is 14.7 Å². The summed E-state index contributed by atoms with van der Waals surface area (Å²) < 4.78 is 2.08. The first-order chi connectivity index (χ1) is 9.45. The van der Waals surface area contributed by atoms with Gasteiger partial charge in [-0.25, -0.2) is 0 Å². The van der Waals surface area contributed by atoms with Crippen LogP contribution < -0.4 is 5.32 Å². The normalized spacial score (nSPS) is 21.9. The standard InChI is InChI=1S/C15H22N2O3/c1-4-17-9(2)8-12(10(17)3)14(18)16-13-7-5-6-11(13)15(19)20/h8,11,13H,4-7H2,1-3H3,(H,16,18)(H,19,20)/t11-,13+/m0/s1. The van der Waals surface area contributed by atoms with E-state index in [1.165, 1.54) is 0 Å². The predicted molar refractivity (Wildman–Crippen MR) is 75.8 cm³/mol. The van der Waals surface area contributed by atoms with E-state index < -0.39 is 11.9 Å². The highest BCUT2D eigenvalue weighted by molar-refractivity contribution is 5.96. The van der Waals surface area contributed by atoms with Gasteiger partial charge >= 0.3 is 5.97 Å². The summed E-state index contributed by atoms with van der Waals surface area (Å²) >= 11 is 0. The number of hydrogen-bond acceptors (Lipinski definition) is 2. The van der Waals surface area contributed by atoms with E-state index >= 15 is 0 Å². The van der Waals surface area contributed by atoms with Crippen molar-refractivity contribution in [2.45, 2.75) is 52.6 Å². The summed E-state index contributed by atoms with van der Waals surface area (Å²) in [4.78, 5) is 23.5. The Kier molecular flexibility index (Phi) is 4.16. The van der Waals surface area contributed by atoms with Gasteiger partial charge in [-0.1, -0.05) is 6.42 Å². The van der Waals surface area contributed by atoms with Crippen LogP contribution in [0.25, 0.3) is 0 Å². The largest absolute Gasteiger partial charge is 0.481 e. The number of carboxylic acid groups (broad SMARTS) is 1. The second kappa shape index (κ2) is 5.69. The second-order valence-corrected chi connectivity index (χ2v) is 5.48. The zero-order chi connectivity index (χ0) is 14.9. The molecule has 20 heavy (non-hydrogen) atoms. The first kappa shape index (κ1) is 14.6. The summed E-state index contributed by atoms with van der Waals surface area (Å²) in [5, 5.41) is 12.1. The summed E-state index contributed by atoms with van der Waals surface area (Å²) in [5.41, 5.74) is 2.64. The number of rotatable bonds is 4. The molecular weight excluding hydrogens is 256 g/mol. The average Bonchev–Trinajstić information content (AvgIpc) is 2.94. The molecule has 1 amide bonds. The van der Waals surface area contributed by atoms with Gasteiger partial charge in [0, 0.05) is 24.0 Å². The molecule has 1 heterocycles. The van der Waals surface area contributed by atoms with Gasteiger partial charge in [0.05, 0.1) is 11.5 Å². The van der Waals surface area contributed by atoms with E-state index in [9.17, 15) is 9.59 Å². The number of carbonyl (C=O) groups is 2. The Hall–Kier alpha value is -1.78. The van der Waals surface area contributed by atoms with Crippen molar-refractivity contribution >= 4 is 11.9 Å². The molecule has 0 unspecified atom stereocenters. The number of nitrogens with one attached hydrogen (secondary N) is 1. The van der Waals surface area contributed by atoms with Crippen LogP contribution in [-0.2, 0) is 11.3 Å². The van der Waals surface area contributed by atoms with Crippen LogP contribution in [0.15, 0.2) is 6.07 Å². The van der Waals surface area contributed by atoms with Crippen LogP contribution in [0.4, 0.5) is 0 Å². The predicted octanol–water partition coefficient (Wildman–Crippen LogP) is 2.11. The number of aromatic nitrogens is 1. The number of carbonyl (C=O) groups excluding carboxylic acids is 1. The first-order valence-electron chi connectivity index (χ1n) is 7.16. The minimum absolute atomic E-state index is 0.157. The van der Waals surface area contributed by atoms with Crippen molar-refractivity contribution in [3.05, 3.63) is 23.0 Å². The van der Waals surface area contributed by atoms with Gasteiger partial charge in [0.25, 0.3) is 5.91 Å². The Bertz CT molecular complexity index is 533. The van der Waals surface area contributed by atoms with E-state index in [2.05, 4.69) is 9.88 Å². The van der Waals surface area contributed by atoms with E-state index in [1.807, 2.05) is 26.8 Å². The lowest BCUT2D eigenvalue weighted by Crippen LogP contribution is -2.40. The summed E-state index contributed by atoms with van der Waals surface area (Å²) in [6.45, 7) is 6.77. The lowest BCUT2D eigenvalue weighted by Gasteiger charge is -2.17. The molecule has 1 aliphatic carbocycles. The molecule has 110 valence electrons. The lowest BCUT2D eigenvalue weighted by molar-refractivity contribution is -0.142. The number of carboxylic acids is 1. The maximum absolute atomic E-state index is 12.4. The smallest absolute Gasteiger partial charge is 0.308 e. The van der Waals surface area contributed by atoms with Crippen molar-refractivity contribution in [2.75, 3.05) is 0 Å². The number of hydrogen-bond donors (Lipinski definition) is 2. The maximum atomic E-state index is 12.4. The summed E-state index contributed by atoms with van der Waals surface area (Å²) in [5.74, 6) is -1.42. The number of nitrogens with zero attached hydrogens (tertiary/aromatic N) is 1. The summed E-state index contributed by atoms with van der Waals surface area (Å²) in [7, 11) is 0. The van der Waals surface area contributed by atoms with Crippen molar-refractivity contribution in [3.8, 4) is 0 Å². The molecule has 1 saturated carbocycles. The fourth-order valence-electron chi connectivity index (χ4n) is 3.19. The van der Waals surface area contributed by atoms with E-state index in [0.29, 0.717) is 12.0 Å². The Morgan fingerprint density at radius 3 is 2.65 bits per heavy atom. The Balaban J connectivity index is 2.14. The molecule has 0 spiro atoms. The Labute approximate surface area is 119 Å². The number of aliphatic carboxylic acids is 1. The monoisotopic (exact) mass is 278 g/mol. The fraction of sp³-hybridized carbons (Fsp3) is 0.600. The van der Waals surface area contributed by atoms with Crippen LogP contribution in [0.5, 0.6) is 0 Å². The summed E-state index contributed by atoms with van der Waals surface area (Å²) in [6, 6.07) is 1.63. The van der Waals surface area contributed by atoms with E-state index in [1.54, 1.807) is 0 Å². The molecule has 0 bridgehead atoms. The third-order valence-electron chi connectivity index (χ3n) is 4.28. The molecule has 0 radical (unpaired) electrons. The van der Waals surface area contributed by atoms with Gasteiger partial charge in [-0.3, -0.25) is 9.59 Å². The molecular formula is C15H22N2O3. The number of amides is 1. The molecule has 1 fully saturated rings. The second-order valence-electron chi connectivity index (χ2n) is 5.48. The van der Waals surface area contributed by atoms with Crippen LogP contribution in [0.2, 0.25) is 0 Å². The quantitative estimate of drug-likeness (QED) is 0.886. The molecule has 0 aliphatic heterocycles. The van der Waals surface area contributed by atoms with Gasteiger partial charge in [0.2, 0.25) is 0 Å². The highest BCUT2D eigenvalue weighted by atomic mass is 16.4. The molecule has 0 aromatic carbocycles. The SMILES string of the molecule is CCn1c(C)cc(C(=O)N[C@@H]2CCC[C@@H]2C(=O)O)c1C. The molecule has 2 atom stereocenters. The molecule has 5 heteroatoms. The molecule has 1 aliphatic rings. The zero-order valence-electron chi connectivity index (χ0n) is 12.3. The molecule has 0 saturated heterocycles. The van der Waals surface area contributed by atoms with Crippen LogP contribution in [0.1, 0.15) is 47.9 Å². The van der Waals surface area contributed by atoms with Gasteiger partial charge in [-0.05, 0) is 39.7 Å². The van der Waals surface area contributed by atoms with Gasteiger partial charge in [0.15, 0.2) is 0 Å². The minimum Gasteiger partial charge on any atom is -0.481 e. The van der Waals surface area contributed by atoms with E-state index in [-0.39, 0.29) is 11.9 Å². The van der Waals surface area contributed by atoms with Gasteiger partial charge in [0.1, 0.15) is 0 Å². The maximum Gasteiger partial charge on any atom is 0.308 e. The van der Waals surface area contributed by atoms with Crippen LogP contribution >= 0.6 is 0 Å². The van der Waals surface area contributed by atoms with Crippen LogP contribution in [-0.4, -0.2) is 27.6 Å². The van der Waals surface area contributed by atoms with Crippen molar-refractivity contribution in [3.63, 3.8) is 0 Å². The highest BCUT2D eigenvalue weighted by Crippen LogP contribution is 2.26. The number of aryl methyl sites for hydroxylation is 1. The van der Waals surface area contributed by atoms with Gasteiger partial charge < -0.3 is 15.0 Å². The van der Waals surface area contributed by atoms with Gasteiger partial charge in [-0.15, -0.1) is 0 Å². The average molecular weight is 278 g/mol. The highest BCUT2D eigenvalue weighted by Gasteiger charge is 2.34. The van der Waals surface area contributed by atoms with Crippen molar-refractivity contribution in [2.24, 2.45) is 5.92 Å². The zero-order valence-corrected chi connectivity index (χ0v) is 12.3. The molecule has 5 nitrogen and oxygen atoms in total. The summed E-state index contributed by atoms with van der Waals surface area (Å²) in [6.07, 6.45) is 2.25.